The summed E-state index contributed by atoms with van der Waals surface area (Å²) in [5.41, 5.74) is 4.98. The molecule has 0 heterocycles. The number of carbonyl (C=O) groups is 2. The zero-order valence-electron chi connectivity index (χ0n) is 23.6. The van der Waals surface area contributed by atoms with Gasteiger partial charge in [0, 0.05) is 10.6 Å². The van der Waals surface area contributed by atoms with Crippen molar-refractivity contribution in [1.82, 2.24) is 10.7 Å². The molecule has 2 amide bonds. The summed E-state index contributed by atoms with van der Waals surface area (Å²) in [4.78, 5) is 25.5. The third kappa shape index (κ3) is 10.1. The summed E-state index contributed by atoms with van der Waals surface area (Å²) in [7, 11) is 0. The van der Waals surface area contributed by atoms with E-state index in [0.717, 1.165) is 11.1 Å². The van der Waals surface area contributed by atoms with Crippen LogP contribution in [0.1, 0.15) is 43.9 Å². The zero-order chi connectivity index (χ0) is 29.8. The number of halogens is 2. The number of nitrogens with one attached hydrogen (secondary N) is 2. The van der Waals surface area contributed by atoms with Crippen LogP contribution in [0, 0.1) is 12.8 Å². The van der Waals surface area contributed by atoms with Crippen molar-refractivity contribution in [2.75, 3.05) is 13.2 Å². The molecule has 10 heteroatoms. The van der Waals surface area contributed by atoms with E-state index in [2.05, 4.69) is 31.8 Å². The predicted octanol–water partition coefficient (Wildman–Crippen LogP) is 6.45. The van der Waals surface area contributed by atoms with Gasteiger partial charge in [0.05, 0.1) is 17.3 Å². The van der Waals surface area contributed by atoms with Crippen molar-refractivity contribution in [1.29, 1.82) is 0 Å². The Kier molecular flexibility index (Phi) is 12.5. The minimum absolute atomic E-state index is 0.162. The molecule has 3 rings (SSSR count). The molecule has 0 unspecified atom stereocenters. The van der Waals surface area contributed by atoms with Crippen LogP contribution in [0.3, 0.4) is 0 Å². The second-order valence-corrected chi connectivity index (χ2v) is 10.9. The molecule has 8 nitrogen and oxygen atoms in total. The van der Waals surface area contributed by atoms with Crippen molar-refractivity contribution in [3.8, 4) is 17.2 Å². The third-order valence-corrected chi connectivity index (χ3v) is 6.82. The lowest BCUT2D eigenvalue weighted by molar-refractivity contribution is -0.130. The summed E-state index contributed by atoms with van der Waals surface area (Å²) in [5, 5.41) is 7.49. The Morgan fingerprint density at radius 1 is 1.02 bits per heavy atom. The van der Waals surface area contributed by atoms with Gasteiger partial charge >= 0.3 is 0 Å². The van der Waals surface area contributed by atoms with Crippen LogP contribution in [0.4, 0.5) is 0 Å². The summed E-state index contributed by atoms with van der Waals surface area (Å²) >= 11 is 9.81. The molecule has 0 saturated heterocycles. The van der Waals surface area contributed by atoms with Crippen molar-refractivity contribution in [2.45, 2.75) is 46.8 Å². The molecule has 0 aromatic heterocycles. The lowest BCUT2D eigenvalue weighted by Crippen LogP contribution is -2.47. The molecule has 41 heavy (non-hydrogen) atoms. The Hall–Kier alpha value is -3.56. The largest absolute Gasteiger partial charge is 0.490 e. The van der Waals surface area contributed by atoms with E-state index in [0.29, 0.717) is 45.3 Å². The Labute approximate surface area is 254 Å². The zero-order valence-corrected chi connectivity index (χ0v) is 25.9. The fourth-order valence-corrected chi connectivity index (χ4v) is 4.64. The first-order valence-corrected chi connectivity index (χ1v) is 14.5. The van der Waals surface area contributed by atoms with Gasteiger partial charge in [-0.2, -0.15) is 5.10 Å². The topological polar surface area (TPSA) is 98.2 Å². The minimum atomic E-state index is -0.772. The first kappa shape index (κ1) is 32.0. The van der Waals surface area contributed by atoms with Crippen LogP contribution in [0.25, 0.3) is 0 Å². The van der Waals surface area contributed by atoms with Crippen molar-refractivity contribution in [3.63, 3.8) is 0 Å². The number of aryl methyl sites for hydroxylation is 1. The standard InChI is InChI=1S/C31H35BrClN3O5/c1-5-39-28-16-22(15-24(32)30(28)41-18-23-11-7-8-12-25(23)33)17-34-36-31(38)26(14-20(2)3)35-29(37)19-40-27-13-9-6-10-21(27)4/h6-13,15-17,20,26H,5,14,18-19H2,1-4H3,(H,35,37)(H,36,38)/b34-17-/t26-/m0/s1. The maximum atomic E-state index is 12.9. The second-order valence-electron chi connectivity index (χ2n) is 9.68. The van der Waals surface area contributed by atoms with Gasteiger partial charge in [-0.05, 0) is 77.5 Å². The molecule has 0 radical (unpaired) electrons. The summed E-state index contributed by atoms with van der Waals surface area (Å²) in [5.74, 6) is 1.00. The maximum Gasteiger partial charge on any atom is 0.262 e. The molecule has 3 aromatic rings. The summed E-state index contributed by atoms with van der Waals surface area (Å²) in [6.07, 6.45) is 1.94. The van der Waals surface area contributed by atoms with E-state index in [9.17, 15) is 9.59 Å². The van der Waals surface area contributed by atoms with Gasteiger partial charge in [-0.25, -0.2) is 5.43 Å². The highest BCUT2D eigenvalue weighted by Crippen LogP contribution is 2.37. The summed E-state index contributed by atoms with van der Waals surface area (Å²) < 4.78 is 18.1. The summed E-state index contributed by atoms with van der Waals surface area (Å²) in [6, 6.07) is 17.7. The van der Waals surface area contributed by atoms with Crippen LogP contribution in [0.2, 0.25) is 5.02 Å². The van der Waals surface area contributed by atoms with Crippen molar-refractivity contribution in [3.05, 3.63) is 86.8 Å². The van der Waals surface area contributed by atoms with Gasteiger partial charge in [0.25, 0.3) is 11.8 Å². The molecule has 0 aliphatic rings. The Morgan fingerprint density at radius 3 is 2.46 bits per heavy atom. The smallest absolute Gasteiger partial charge is 0.262 e. The average Bonchev–Trinajstić information content (AvgIpc) is 2.92. The molecule has 0 saturated carbocycles. The Balaban J connectivity index is 1.64. The van der Waals surface area contributed by atoms with E-state index in [1.54, 1.807) is 18.2 Å². The van der Waals surface area contributed by atoms with E-state index in [-0.39, 0.29) is 19.1 Å². The number of hydrogen-bond acceptors (Lipinski definition) is 6. The molecular weight excluding hydrogens is 610 g/mol. The molecule has 3 aromatic carbocycles. The maximum absolute atomic E-state index is 12.9. The Morgan fingerprint density at radius 2 is 1.76 bits per heavy atom. The number of benzene rings is 3. The van der Waals surface area contributed by atoms with Gasteiger partial charge in [-0.15, -0.1) is 0 Å². The highest BCUT2D eigenvalue weighted by Gasteiger charge is 2.22. The van der Waals surface area contributed by atoms with E-state index in [4.69, 9.17) is 25.8 Å². The number of rotatable bonds is 14. The first-order valence-electron chi connectivity index (χ1n) is 13.3. The van der Waals surface area contributed by atoms with Crippen LogP contribution in [-0.4, -0.2) is 37.3 Å². The fourth-order valence-electron chi connectivity index (χ4n) is 3.88. The lowest BCUT2D eigenvalue weighted by Gasteiger charge is -2.19. The molecule has 1 atom stereocenters. The van der Waals surface area contributed by atoms with E-state index in [1.165, 1.54) is 6.21 Å². The van der Waals surface area contributed by atoms with Crippen molar-refractivity contribution < 1.29 is 23.8 Å². The van der Waals surface area contributed by atoms with Crippen LogP contribution >= 0.6 is 27.5 Å². The summed E-state index contributed by atoms with van der Waals surface area (Å²) in [6.45, 7) is 8.22. The van der Waals surface area contributed by atoms with Gasteiger partial charge in [-0.1, -0.05) is 61.8 Å². The Bertz CT molecular complexity index is 1370. The minimum Gasteiger partial charge on any atom is -0.490 e. The van der Waals surface area contributed by atoms with Gasteiger partial charge in [0.15, 0.2) is 18.1 Å². The third-order valence-electron chi connectivity index (χ3n) is 5.86. The second kappa shape index (κ2) is 16.0. The van der Waals surface area contributed by atoms with Crippen LogP contribution in [-0.2, 0) is 16.2 Å². The number of hydrogen-bond donors (Lipinski definition) is 2. The van der Waals surface area contributed by atoms with Crippen LogP contribution in [0.5, 0.6) is 17.2 Å². The predicted molar refractivity (Wildman–Crippen MR) is 165 cm³/mol. The number of carbonyl (C=O) groups excluding carboxylic acids is 2. The van der Waals surface area contributed by atoms with Crippen LogP contribution in [0.15, 0.2) is 70.2 Å². The molecule has 2 N–H and O–H groups in total. The molecular formula is C31H35BrClN3O5. The fraction of sp³-hybridized carbons (Fsp3) is 0.323. The monoisotopic (exact) mass is 643 g/mol. The molecule has 0 spiro atoms. The number of para-hydroxylation sites is 1. The SMILES string of the molecule is CCOc1cc(/C=N\NC(=O)[C@H](CC(C)C)NC(=O)COc2ccccc2C)cc(Br)c1OCc1ccccc1Cl. The van der Waals surface area contributed by atoms with Gasteiger partial charge in [0.1, 0.15) is 18.4 Å². The first-order chi connectivity index (χ1) is 19.7. The molecule has 0 bridgehead atoms. The number of nitrogens with zero attached hydrogens (tertiary/aromatic N) is 1. The highest BCUT2D eigenvalue weighted by molar-refractivity contribution is 9.10. The molecule has 0 fully saturated rings. The van der Waals surface area contributed by atoms with E-state index < -0.39 is 17.9 Å². The molecule has 0 aliphatic carbocycles. The van der Waals surface area contributed by atoms with E-state index in [1.807, 2.05) is 70.2 Å². The molecule has 0 aliphatic heterocycles. The van der Waals surface area contributed by atoms with Crippen LogP contribution < -0.4 is 25.0 Å². The molecule has 218 valence electrons. The van der Waals surface area contributed by atoms with Crippen molar-refractivity contribution >= 4 is 45.6 Å². The quantitative estimate of drug-likeness (QED) is 0.155. The van der Waals surface area contributed by atoms with Gasteiger partial charge in [-0.3, -0.25) is 9.59 Å². The van der Waals surface area contributed by atoms with Gasteiger partial charge < -0.3 is 19.5 Å². The van der Waals surface area contributed by atoms with Gasteiger partial charge in [0.2, 0.25) is 0 Å². The highest BCUT2D eigenvalue weighted by atomic mass is 79.9. The van der Waals surface area contributed by atoms with Crippen molar-refractivity contribution in [2.24, 2.45) is 11.0 Å². The number of amides is 2. The van der Waals surface area contributed by atoms with E-state index >= 15 is 0 Å². The number of hydrazone groups is 1. The lowest BCUT2D eigenvalue weighted by atomic mass is 10.0. The normalized spacial score (nSPS) is 11.8. The average molecular weight is 645 g/mol. The number of ether oxygens (including phenoxy) is 3.